The summed E-state index contributed by atoms with van der Waals surface area (Å²) < 4.78 is 1.11. The molecule has 7 heteroatoms. The zero-order chi connectivity index (χ0) is 19.2. The van der Waals surface area contributed by atoms with Crippen LogP contribution in [0, 0.1) is 0 Å². The van der Waals surface area contributed by atoms with Gasteiger partial charge < -0.3 is 20.4 Å². The molecule has 2 aromatic rings. The second-order valence-corrected chi connectivity index (χ2v) is 7.78. The summed E-state index contributed by atoms with van der Waals surface area (Å²) in [5, 5.41) is 6.91. The summed E-state index contributed by atoms with van der Waals surface area (Å²) in [6.07, 6.45) is 1.09. The first kappa shape index (κ1) is 19.5. The van der Waals surface area contributed by atoms with Gasteiger partial charge in [0, 0.05) is 50.4 Å². The quantitative estimate of drug-likeness (QED) is 0.564. The molecule has 1 fully saturated rings. The number of hydrogen-bond donors (Lipinski definition) is 2. The lowest BCUT2D eigenvalue weighted by Crippen LogP contribution is -2.44. The van der Waals surface area contributed by atoms with Crippen molar-refractivity contribution in [3.8, 4) is 0 Å². The standard InChI is InChI=1S/C20H27BrN6/c1-22-20(23-13-16-5-4-6-19(24-16)26(2)3)25-17-11-12-27(14-17)18-9-7-15(21)8-10-18/h4-10,17H,11-14H2,1-3H3,(H2,22,23,25). The highest BCUT2D eigenvalue weighted by molar-refractivity contribution is 9.10. The molecule has 0 amide bonds. The fraction of sp³-hybridized carbons (Fsp3) is 0.400. The van der Waals surface area contributed by atoms with E-state index < -0.39 is 0 Å². The van der Waals surface area contributed by atoms with Gasteiger partial charge in [-0.2, -0.15) is 0 Å². The number of nitrogens with one attached hydrogen (secondary N) is 2. The summed E-state index contributed by atoms with van der Waals surface area (Å²) in [5.41, 5.74) is 2.25. The molecule has 144 valence electrons. The monoisotopic (exact) mass is 430 g/mol. The average molecular weight is 431 g/mol. The van der Waals surface area contributed by atoms with E-state index in [1.807, 2.05) is 37.2 Å². The third-order valence-corrected chi connectivity index (χ3v) is 5.16. The molecule has 2 N–H and O–H groups in total. The number of anilines is 2. The molecule has 1 saturated heterocycles. The van der Waals surface area contributed by atoms with E-state index in [1.54, 1.807) is 7.05 Å². The Kier molecular flexibility index (Phi) is 6.55. The van der Waals surface area contributed by atoms with Crippen molar-refractivity contribution in [1.82, 2.24) is 15.6 Å². The van der Waals surface area contributed by atoms with E-state index in [-0.39, 0.29) is 0 Å². The van der Waals surface area contributed by atoms with E-state index in [4.69, 9.17) is 0 Å². The van der Waals surface area contributed by atoms with Crippen LogP contribution >= 0.6 is 15.9 Å². The van der Waals surface area contributed by atoms with Crippen LogP contribution in [0.5, 0.6) is 0 Å². The molecule has 3 rings (SSSR count). The number of nitrogens with zero attached hydrogens (tertiary/aromatic N) is 4. The molecule has 0 spiro atoms. The number of rotatable bonds is 5. The molecular weight excluding hydrogens is 404 g/mol. The summed E-state index contributed by atoms with van der Waals surface area (Å²) in [6, 6.07) is 14.9. The van der Waals surface area contributed by atoms with Crippen molar-refractivity contribution in [2.24, 2.45) is 4.99 Å². The zero-order valence-corrected chi connectivity index (χ0v) is 17.7. The second-order valence-electron chi connectivity index (χ2n) is 6.86. The van der Waals surface area contributed by atoms with Gasteiger partial charge in [-0.05, 0) is 42.8 Å². The molecule has 27 heavy (non-hydrogen) atoms. The Bertz CT molecular complexity index is 774. The maximum Gasteiger partial charge on any atom is 0.191 e. The molecule has 1 aromatic carbocycles. The third kappa shape index (κ3) is 5.35. The maximum atomic E-state index is 4.64. The van der Waals surface area contributed by atoms with Gasteiger partial charge in [0.15, 0.2) is 5.96 Å². The van der Waals surface area contributed by atoms with Gasteiger partial charge in [-0.25, -0.2) is 4.98 Å². The Morgan fingerprint density at radius 3 is 2.74 bits per heavy atom. The number of pyridine rings is 1. The van der Waals surface area contributed by atoms with E-state index in [0.717, 1.165) is 41.5 Å². The number of halogens is 1. The molecule has 6 nitrogen and oxygen atoms in total. The predicted molar refractivity (Wildman–Crippen MR) is 117 cm³/mol. The van der Waals surface area contributed by atoms with Gasteiger partial charge in [0.2, 0.25) is 0 Å². The van der Waals surface area contributed by atoms with Crippen LogP contribution in [0.1, 0.15) is 12.1 Å². The number of guanidine groups is 1. The lowest BCUT2D eigenvalue weighted by molar-refractivity contribution is 0.647. The highest BCUT2D eigenvalue weighted by Crippen LogP contribution is 2.22. The third-order valence-electron chi connectivity index (χ3n) is 4.63. The number of benzene rings is 1. The fourth-order valence-electron chi connectivity index (χ4n) is 3.14. The molecule has 1 aliphatic rings. The second kappa shape index (κ2) is 9.08. The number of hydrogen-bond acceptors (Lipinski definition) is 4. The number of aliphatic imine (C=N–C) groups is 1. The summed E-state index contributed by atoms with van der Waals surface area (Å²) in [6.45, 7) is 2.66. The molecule has 1 unspecified atom stereocenters. The predicted octanol–water partition coefficient (Wildman–Crippen LogP) is 2.85. The van der Waals surface area contributed by atoms with Crippen LogP contribution in [0.4, 0.5) is 11.5 Å². The topological polar surface area (TPSA) is 55.8 Å². The van der Waals surface area contributed by atoms with Crippen molar-refractivity contribution in [2.45, 2.75) is 19.0 Å². The minimum absolute atomic E-state index is 0.376. The van der Waals surface area contributed by atoms with Gasteiger partial charge in [-0.1, -0.05) is 22.0 Å². The van der Waals surface area contributed by atoms with E-state index >= 15 is 0 Å². The summed E-state index contributed by atoms with van der Waals surface area (Å²) in [7, 11) is 5.80. The summed E-state index contributed by atoms with van der Waals surface area (Å²) in [4.78, 5) is 13.4. The van der Waals surface area contributed by atoms with Crippen molar-refractivity contribution in [1.29, 1.82) is 0 Å². The van der Waals surface area contributed by atoms with Gasteiger partial charge in [0.1, 0.15) is 5.82 Å². The molecule has 1 aromatic heterocycles. The van der Waals surface area contributed by atoms with Crippen LogP contribution in [0.3, 0.4) is 0 Å². The summed E-state index contributed by atoms with van der Waals surface area (Å²) >= 11 is 3.49. The molecule has 0 saturated carbocycles. The highest BCUT2D eigenvalue weighted by Gasteiger charge is 2.23. The Morgan fingerprint density at radius 1 is 1.26 bits per heavy atom. The minimum Gasteiger partial charge on any atom is -0.369 e. The van der Waals surface area contributed by atoms with Crippen LogP contribution in [0.15, 0.2) is 51.9 Å². The van der Waals surface area contributed by atoms with Crippen molar-refractivity contribution in [3.63, 3.8) is 0 Å². The van der Waals surface area contributed by atoms with Crippen molar-refractivity contribution >= 4 is 33.4 Å². The molecule has 2 heterocycles. The molecule has 0 aliphatic carbocycles. The normalized spacial score (nSPS) is 17.1. The largest absolute Gasteiger partial charge is 0.369 e. The van der Waals surface area contributed by atoms with Crippen molar-refractivity contribution < 1.29 is 0 Å². The Labute approximate surface area is 169 Å². The lowest BCUT2D eigenvalue weighted by atomic mass is 10.2. The van der Waals surface area contributed by atoms with Crippen LogP contribution in [-0.2, 0) is 6.54 Å². The number of aromatic nitrogens is 1. The van der Waals surface area contributed by atoms with Crippen LogP contribution in [-0.4, -0.2) is 51.2 Å². The van der Waals surface area contributed by atoms with Crippen molar-refractivity contribution in [3.05, 3.63) is 52.6 Å². The Balaban J connectivity index is 1.52. The summed E-state index contributed by atoms with van der Waals surface area (Å²) in [5.74, 6) is 1.77. The van der Waals surface area contributed by atoms with Gasteiger partial charge in [0.25, 0.3) is 0 Å². The zero-order valence-electron chi connectivity index (χ0n) is 16.1. The molecular formula is C20H27BrN6. The van der Waals surface area contributed by atoms with E-state index in [0.29, 0.717) is 12.6 Å². The SMILES string of the molecule is CN=C(NCc1cccc(N(C)C)n1)NC1CCN(c2ccc(Br)cc2)C1. The van der Waals surface area contributed by atoms with Crippen LogP contribution in [0.25, 0.3) is 0 Å². The van der Waals surface area contributed by atoms with Crippen LogP contribution in [0.2, 0.25) is 0 Å². The first-order valence-electron chi connectivity index (χ1n) is 9.16. The van der Waals surface area contributed by atoms with E-state index in [9.17, 15) is 0 Å². The molecule has 0 radical (unpaired) electrons. The maximum absolute atomic E-state index is 4.64. The molecule has 1 aliphatic heterocycles. The molecule has 1 atom stereocenters. The van der Waals surface area contributed by atoms with Crippen LogP contribution < -0.4 is 20.4 Å². The minimum atomic E-state index is 0.376. The first-order valence-corrected chi connectivity index (χ1v) is 9.95. The van der Waals surface area contributed by atoms with Gasteiger partial charge >= 0.3 is 0 Å². The lowest BCUT2D eigenvalue weighted by Gasteiger charge is -2.20. The molecule has 0 bridgehead atoms. The average Bonchev–Trinajstić information content (AvgIpc) is 3.14. The Morgan fingerprint density at radius 2 is 2.04 bits per heavy atom. The first-order chi connectivity index (χ1) is 13.0. The Hall–Kier alpha value is -2.28. The van der Waals surface area contributed by atoms with E-state index in [2.05, 4.69) is 65.7 Å². The van der Waals surface area contributed by atoms with Gasteiger partial charge in [-0.15, -0.1) is 0 Å². The highest BCUT2D eigenvalue weighted by atomic mass is 79.9. The fourth-order valence-corrected chi connectivity index (χ4v) is 3.41. The van der Waals surface area contributed by atoms with E-state index in [1.165, 1.54) is 5.69 Å². The van der Waals surface area contributed by atoms with Crippen molar-refractivity contribution in [2.75, 3.05) is 44.0 Å². The smallest absolute Gasteiger partial charge is 0.191 e. The van der Waals surface area contributed by atoms with Gasteiger partial charge in [0.05, 0.1) is 12.2 Å². The van der Waals surface area contributed by atoms with Gasteiger partial charge in [-0.3, -0.25) is 4.99 Å².